The Labute approximate surface area is 182 Å². The van der Waals surface area contributed by atoms with E-state index in [4.69, 9.17) is 11.6 Å². The molecule has 1 unspecified atom stereocenters. The zero-order chi connectivity index (χ0) is 22.5. The van der Waals surface area contributed by atoms with Gasteiger partial charge in [0.2, 0.25) is 0 Å². The first-order valence-corrected chi connectivity index (χ1v) is 10.4. The van der Waals surface area contributed by atoms with Gasteiger partial charge in [-0.1, -0.05) is 17.7 Å². The number of pyridine rings is 1. The van der Waals surface area contributed by atoms with Crippen LogP contribution < -0.4 is 10.9 Å². The van der Waals surface area contributed by atoms with Crippen LogP contribution in [0.2, 0.25) is 5.15 Å². The highest BCUT2D eigenvalue weighted by Gasteiger charge is 2.42. The van der Waals surface area contributed by atoms with Gasteiger partial charge in [0.25, 0.3) is 5.56 Å². The van der Waals surface area contributed by atoms with Crippen molar-refractivity contribution in [3.8, 4) is 0 Å². The number of alkyl halides is 1. The van der Waals surface area contributed by atoms with Crippen molar-refractivity contribution >= 4 is 34.2 Å². The summed E-state index contributed by atoms with van der Waals surface area (Å²) in [4.78, 5) is 33.1. The third-order valence-electron chi connectivity index (χ3n) is 5.80. The number of hydrogen-bond acceptors (Lipinski definition) is 5. The first kappa shape index (κ1) is 21.2. The number of carbonyl (C=O) groups is 1. The summed E-state index contributed by atoms with van der Waals surface area (Å²) in [5.74, 6) is -1.09. The molecule has 0 amide bonds. The number of anilines is 1. The van der Waals surface area contributed by atoms with E-state index < -0.39 is 17.7 Å². The van der Waals surface area contributed by atoms with Gasteiger partial charge >= 0.3 is 5.97 Å². The molecule has 2 heterocycles. The summed E-state index contributed by atoms with van der Waals surface area (Å²) in [7, 11) is 1.55. The summed E-state index contributed by atoms with van der Waals surface area (Å²) < 4.78 is 16.5. The van der Waals surface area contributed by atoms with Crippen molar-refractivity contribution in [1.29, 1.82) is 0 Å². The van der Waals surface area contributed by atoms with Crippen molar-refractivity contribution in [3.05, 3.63) is 62.4 Å². The fraction of sp³-hybridized carbons (Fsp3) is 0.364. The van der Waals surface area contributed by atoms with Crippen LogP contribution in [0.5, 0.6) is 0 Å². The molecule has 2 aromatic heterocycles. The molecule has 162 valence electrons. The highest BCUT2D eigenvalue weighted by atomic mass is 35.5. The van der Waals surface area contributed by atoms with Gasteiger partial charge in [-0.3, -0.25) is 9.36 Å². The number of nitrogens with one attached hydrogen (secondary N) is 1. The summed E-state index contributed by atoms with van der Waals surface area (Å²) >= 11 is 5.84. The molecule has 1 aliphatic rings. The predicted octanol–water partition coefficient (Wildman–Crippen LogP) is 4.51. The van der Waals surface area contributed by atoms with E-state index in [1.165, 1.54) is 16.7 Å². The van der Waals surface area contributed by atoms with Crippen molar-refractivity contribution in [1.82, 2.24) is 14.5 Å². The van der Waals surface area contributed by atoms with E-state index >= 15 is 4.39 Å². The monoisotopic (exact) mass is 444 g/mol. The average Bonchev–Trinajstić information content (AvgIpc) is 2.69. The van der Waals surface area contributed by atoms with E-state index in [0.717, 1.165) is 12.0 Å². The largest absolute Gasteiger partial charge is 0.476 e. The normalized spacial score (nSPS) is 16.0. The van der Waals surface area contributed by atoms with Gasteiger partial charge in [-0.05, 0) is 56.9 Å². The summed E-state index contributed by atoms with van der Waals surface area (Å²) in [6.45, 7) is 3.68. The number of halogens is 2. The molecule has 3 aromatic rings. The van der Waals surface area contributed by atoms with Crippen LogP contribution in [-0.2, 0) is 12.7 Å². The fourth-order valence-electron chi connectivity index (χ4n) is 4.02. The number of aromatic carboxylic acids is 1. The van der Waals surface area contributed by atoms with E-state index in [1.807, 2.05) is 19.9 Å². The van der Waals surface area contributed by atoms with Gasteiger partial charge in [0.15, 0.2) is 11.4 Å². The molecule has 1 aromatic carbocycles. The summed E-state index contributed by atoms with van der Waals surface area (Å²) in [6, 6.07) is 6.20. The van der Waals surface area contributed by atoms with Gasteiger partial charge in [0, 0.05) is 12.6 Å². The first-order valence-electron chi connectivity index (χ1n) is 9.98. The molecule has 2 N–H and O–H groups in total. The SMILES string of the molecule is Cc1cc(C(C)Nc2ccc(Cl)nc2C(=O)O)c2nc(C3(F)CCC3)n(C)c(=O)c2c1. The number of rotatable bonds is 5. The molecule has 4 rings (SSSR count). The first-order chi connectivity index (χ1) is 14.6. The Morgan fingerprint density at radius 1 is 1.32 bits per heavy atom. The van der Waals surface area contributed by atoms with Gasteiger partial charge in [-0.2, -0.15) is 0 Å². The van der Waals surface area contributed by atoms with Crippen molar-refractivity contribution in [2.75, 3.05) is 5.32 Å². The van der Waals surface area contributed by atoms with Gasteiger partial charge in [0.1, 0.15) is 11.0 Å². The van der Waals surface area contributed by atoms with Crippen LogP contribution in [0.4, 0.5) is 10.1 Å². The fourth-order valence-corrected chi connectivity index (χ4v) is 4.17. The Balaban J connectivity index is 1.86. The van der Waals surface area contributed by atoms with Crippen LogP contribution in [0, 0.1) is 6.92 Å². The lowest BCUT2D eigenvalue weighted by atomic mass is 9.81. The summed E-state index contributed by atoms with van der Waals surface area (Å²) in [6.07, 6.45) is 1.43. The van der Waals surface area contributed by atoms with Gasteiger partial charge in [0.05, 0.1) is 22.6 Å². The lowest BCUT2D eigenvalue weighted by Crippen LogP contribution is -2.37. The summed E-state index contributed by atoms with van der Waals surface area (Å²) in [5.41, 5.74) is 0.0866. The van der Waals surface area contributed by atoms with Crippen LogP contribution in [0.3, 0.4) is 0 Å². The molecular formula is C22H22ClFN4O3. The number of carboxylic acid groups (broad SMARTS) is 1. The minimum atomic E-state index is -1.60. The molecule has 0 radical (unpaired) electrons. The maximum absolute atomic E-state index is 15.2. The molecule has 0 saturated heterocycles. The molecule has 1 fully saturated rings. The molecule has 31 heavy (non-hydrogen) atoms. The van der Waals surface area contributed by atoms with Crippen LogP contribution in [0.15, 0.2) is 29.1 Å². The maximum Gasteiger partial charge on any atom is 0.356 e. The van der Waals surface area contributed by atoms with Crippen LogP contribution in [0.1, 0.15) is 59.7 Å². The lowest BCUT2D eigenvalue weighted by Gasteiger charge is -2.34. The van der Waals surface area contributed by atoms with E-state index in [2.05, 4.69) is 15.3 Å². The maximum atomic E-state index is 15.2. The zero-order valence-electron chi connectivity index (χ0n) is 17.4. The van der Waals surface area contributed by atoms with E-state index in [0.29, 0.717) is 29.3 Å². The third kappa shape index (κ3) is 3.65. The van der Waals surface area contributed by atoms with Crippen LogP contribution >= 0.6 is 11.6 Å². The van der Waals surface area contributed by atoms with E-state index in [9.17, 15) is 14.7 Å². The second-order valence-corrected chi connectivity index (χ2v) is 8.46. The van der Waals surface area contributed by atoms with Crippen LogP contribution in [0.25, 0.3) is 10.9 Å². The van der Waals surface area contributed by atoms with Gasteiger partial charge < -0.3 is 10.4 Å². The molecule has 7 nitrogen and oxygen atoms in total. The second kappa shape index (κ2) is 7.60. The Kier molecular flexibility index (Phi) is 5.21. The number of hydrogen-bond donors (Lipinski definition) is 2. The Bertz CT molecular complexity index is 1270. The molecule has 1 aliphatic carbocycles. The highest BCUT2D eigenvalue weighted by molar-refractivity contribution is 6.29. The number of carboxylic acids is 1. The second-order valence-electron chi connectivity index (χ2n) is 8.07. The molecule has 1 atom stereocenters. The number of benzene rings is 1. The van der Waals surface area contributed by atoms with E-state index in [-0.39, 0.29) is 27.9 Å². The molecule has 0 spiro atoms. The molecule has 1 saturated carbocycles. The topological polar surface area (TPSA) is 97.1 Å². The zero-order valence-corrected chi connectivity index (χ0v) is 18.1. The van der Waals surface area contributed by atoms with Crippen molar-refractivity contribution < 1.29 is 14.3 Å². The van der Waals surface area contributed by atoms with Gasteiger partial charge in [-0.25, -0.2) is 19.2 Å². The minimum Gasteiger partial charge on any atom is -0.476 e. The van der Waals surface area contributed by atoms with Crippen LogP contribution in [-0.4, -0.2) is 25.6 Å². The van der Waals surface area contributed by atoms with Crippen molar-refractivity contribution in [2.45, 2.75) is 44.8 Å². The number of nitrogens with zero attached hydrogens (tertiary/aromatic N) is 3. The van der Waals surface area contributed by atoms with Gasteiger partial charge in [-0.15, -0.1) is 0 Å². The smallest absolute Gasteiger partial charge is 0.356 e. The Hall–Kier alpha value is -3.00. The highest BCUT2D eigenvalue weighted by Crippen LogP contribution is 2.44. The summed E-state index contributed by atoms with van der Waals surface area (Å²) in [5, 5.41) is 13.1. The third-order valence-corrected chi connectivity index (χ3v) is 6.01. The number of aromatic nitrogens is 3. The molecule has 0 aliphatic heterocycles. The predicted molar refractivity (Wildman–Crippen MR) is 117 cm³/mol. The quantitative estimate of drug-likeness (QED) is 0.562. The molecular weight excluding hydrogens is 423 g/mol. The lowest BCUT2D eigenvalue weighted by molar-refractivity contribution is 0.0465. The minimum absolute atomic E-state index is 0.0696. The molecule has 0 bridgehead atoms. The standard InChI is InChI=1S/C22H22ClFN4O3/c1-11-9-13(12(2)25-15-5-6-16(23)26-18(15)20(30)31)17-14(10-11)19(29)28(3)21(27-17)22(24)7-4-8-22/h5-6,9-10,12,25H,4,7-8H2,1-3H3,(H,30,31). The van der Waals surface area contributed by atoms with Crippen molar-refractivity contribution in [3.63, 3.8) is 0 Å². The van der Waals surface area contributed by atoms with E-state index in [1.54, 1.807) is 13.1 Å². The Morgan fingerprint density at radius 2 is 2.03 bits per heavy atom. The number of aryl methyl sites for hydroxylation is 1. The van der Waals surface area contributed by atoms with Crippen molar-refractivity contribution in [2.24, 2.45) is 7.05 Å². The average molecular weight is 445 g/mol. The molecule has 9 heteroatoms. The Morgan fingerprint density at radius 3 is 2.65 bits per heavy atom. The number of fused-ring (bicyclic) bond motifs is 1.